The Morgan fingerprint density at radius 2 is 2.08 bits per heavy atom. The molecule has 0 fully saturated rings. The van der Waals surface area contributed by atoms with Gasteiger partial charge >= 0.3 is 0 Å². The molecule has 128 valence electrons. The van der Waals surface area contributed by atoms with Crippen molar-refractivity contribution in [3.8, 4) is 5.75 Å². The third kappa shape index (κ3) is 4.79. The van der Waals surface area contributed by atoms with Crippen molar-refractivity contribution >= 4 is 0 Å². The van der Waals surface area contributed by atoms with Crippen LogP contribution in [0.4, 0.5) is 0 Å². The van der Waals surface area contributed by atoms with E-state index in [1.807, 2.05) is 18.3 Å². The molecule has 0 saturated carbocycles. The van der Waals surface area contributed by atoms with Gasteiger partial charge in [0.2, 0.25) is 0 Å². The van der Waals surface area contributed by atoms with Crippen LogP contribution in [0.25, 0.3) is 0 Å². The maximum Gasteiger partial charge on any atom is 0.122 e. The smallest absolute Gasteiger partial charge is 0.122 e. The maximum atomic E-state index is 10.1. The van der Waals surface area contributed by atoms with Crippen LogP contribution in [-0.4, -0.2) is 35.9 Å². The zero-order valence-corrected chi connectivity index (χ0v) is 14.1. The fourth-order valence-corrected chi connectivity index (χ4v) is 3.17. The Balaban J connectivity index is 1.39. The molecule has 1 heterocycles. The molecule has 0 bridgehead atoms. The molecular formula is C20H26N2O2. The van der Waals surface area contributed by atoms with E-state index in [1.165, 1.54) is 29.5 Å². The van der Waals surface area contributed by atoms with Gasteiger partial charge in [-0.05, 0) is 67.5 Å². The van der Waals surface area contributed by atoms with Crippen molar-refractivity contribution < 1.29 is 9.84 Å². The Hall–Kier alpha value is -1.91. The van der Waals surface area contributed by atoms with E-state index in [4.69, 9.17) is 4.74 Å². The highest BCUT2D eigenvalue weighted by Gasteiger charge is 2.14. The Bertz CT molecular complexity index is 631. The van der Waals surface area contributed by atoms with Gasteiger partial charge in [-0.25, -0.2) is 0 Å². The summed E-state index contributed by atoms with van der Waals surface area (Å²) in [5.41, 5.74) is 3.94. The highest BCUT2D eigenvalue weighted by atomic mass is 16.5. The molecule has 1 aliphatic carbocycles. The van der Waals surface area contributed by atoms with Gasteiger partial charge in [0.25, 0.3) is 0 Å². The lowest BCUT2D eigenvalue weighted by molar-refractivity contribution is 0.106. The fourth-order valence-electron chi connectivity index (χ4n) is 3.17. The monoisotopic (exact) mass is 326 g/mol. The number of aromatic nitrogens is 1. The number of nitrogens with one attached hydrogen (secondary N) is 1. The molecule has 2 aromatic rings. The van der Waals surface area contributed by atoms with Gasteiger partial charge in [0.15, 0.2) is 0 Å². The van der Waals surface area contributed by atoms with E-state index in [2.05, 4.69) is 28.5 Å². The standard InChI is InChI=1S/C20H26N2O2/c23-18(14-22-12-10-16-5-4-11-21-13-16)15-24-20-9-3-7-17-6-1-2-8-19(17)20/h3-5,7,9,11,13,18,22-23H,1-2,6,8,10,12,14-15H2. The number of hydrogen-bond acceptors (Lipinski definition) is 4. The first-order chi connectivity index (χ1) is 11.8. The van der Waals surface area contributed by atoms with Crippen LogP contribution in [0.5, 0.6) is 5.75 Å². The Morgan fingerprint density at radius 3 is 2.96 bits per heavy atom. The van der Waals surface area contributed by atoms with Crippen LogP contribution in [0.2, 0.25) is 0 Å². The summed E-state index contributed by atoms with van der Waals surface area (Å²) in [6.45, 7) is 1.69. The van der Waals surface area contributed by atoms with Crippen molar-refractivity contribution in [3.63, 3.8) is 0 Å². The first kappa shape index (κ1) is 16.9. The summed E-state index contributed by atoms with van der Waals surface area (Å²) in [7, 11) is 0. The largest absolute Gasteiger partial charge is 0.491 e. The van der Waals surface area contributed by atoms with Gasteiger partial charge in [0.1, 0.15) is 18.5 Å². The molecule has 0 radical (unpaired) electrons. The summed E-state index contributed by atoms with van der Waals surface area (Å²) in [6, 6.07) is 10.3. The minimum Gasteiger partial charge on any atom is -0.491 e. The summed E-state index contributed by atoms with van der Waals surface area (Å²) in [5.74, 6) is 0.946. The maximum absolute atomic E-state index is 10.1. The van der Waals surface area contributed by atoms with Crippen molar-refractivity contribution in [1.82, 2.24) is 10.3 Å². The summed E-state index contributed by atoms with van der Waals surface area (Å²) in [4.78, 5) is 4.10. The third-order valence-electron chi connectivity index (χ3n) is 4.48. The Morgan fingerprint density at radius 1 is 1.17 bits per heavy atom. The molecule has 2 N–H and O–H groups in total. The van der Waals surface area contributed by atoms with Gasteiger partial charge in [-0.1, -0.05) is 18.2 Å². The zero-order valence-electron chi connectivity index (χ0n) is 14.1. The zero-order chi connectivity index (χ0) is 16.6. The van der Waals surface area contributed by atoms with Crippen LogP contribution >= 0.6 is 0 Å². The number of nitrogens with zero attached hydrogens (tertiary/aromatic N) is 1. The molecule has 4 heteroatoms. The fraction of sp³-hybridized carbons (Fsp3) is 0.450. The average molecular weight is 326 g/mol. The van der Waals surface area contributed by atoms with E-state index in [1.54, 1.807) is 6.20 Å². The van der Waals surface area contributed by atoms with E-state index < -0.39 is 6.10 Å². The number of aliphatic hydroxyl groups is 1. The van der Waals surface area contributed by atoms with Crippen LogP contribution in [0, 0.1) is 0 Å². The Labute approximate surface area is 143 Å². The van der Waals surface area contributed by atoms with Gasteiger partial charge in [-0.2, -0.15) is 0 Å². The normalized spacial score (nSPS) is 14.9. The van der Waals surface area contributed by atoms with Crippen LogP contribution in [-0.2, 0) is 19.3 Å². The second-order valence-corrected chi connectivity index (χ2v) is 6.38. The minimum absolute atomic E-state index is 0.330. The van der Waals surface area contributed by atoms with E-state index in [0.29, 0.717) is 13.2 Å². The number of hydrogen-bond donors (Lipinski definition) is 2. The van der Waals surface area contributed by atoms with Crippen LogP contribution in [0.1, 0.15) is 29.5 Å². The highest BCUT2D eigenvalue weighted by molar-refractivity contribution is 5.41. The Kier molecular flexibility index (Phi) is 6.21. The van der Waals surface area contributed by atoms with E-state index in [9.17, 15) is 5.11 Å². The van der Waals surface area contributed by atoms with Gasteiger partial charge in [0, 0.05) is 18.9 Å². The second kappa shape index (κ2) is 8.81. The van der Waals surface area contributed by atoms with Crippen molar-refractivity contribution in [3.05, 3.63) is 59.4 Å². The van der Waals surface area contributed by atoms with E-state index in [-0.39, 0.29) is 0 Å². The lowest BCUT2D eigenvalue weighted by Gasteiger charge is -2.20. The summed E-state index contributed by atoms with van der Waals surface area (Å²) >= 11 is 0. The molecular weight excluding hydrogens is 300 g/mol. The van der Waals surface area contributed by atoms with Crippen molar-refractivity contribution in [2.45, 2.75) is 38.2 Å². The number of pyridine rings is 1. The quantitative estimate of drug-likeness (QED) is 0.732. The molecule has 3 rings (SSSR count). The molecule has 24 heavy (non-hydrogen) atoms. The van der Waals surface area contributed by atoms with Crippen molar-refractivity contribution in [2.75, 3.05) is 19.7 Å². The molecule has 0 saturated heterocycles. The molecule has 0 amide bonds. The molecule has 0 spiro atoms. The lowest BCUT2D eigenvalue weighted by atomic mass is 9.91. The van der Waals surface area contributed by atoms with E-state index in [0.717, 1.165) is 31.6 Å². The first-order valence-corrected chi connectivity index (χ1v) is 8.84. The predicted octanol–water partition coefficient (Wildman–Crippen LogP) is 2.53. The molecule has 4 nitrogen and oxygen atoms in total. The number of ether oxygens (including phenoxy) is 1. The number of fused-ring (bicyclic) bond motifs is 1. The lowest BCUT2D eigenvalue weighted by Crippen LogP contribution is -2.32. The van der Waals surface area contributed by atoms with Gasteiger partial charge in [-0.15, -0.1) is 0 Å². The number of rotatable bonds is 8. The van der Waals surface area contributed by atoms with Gasteiger partial charge < -0.3 is 15.2 Å². The van der Waals surface area contributed by atoms with Crippen molar-refractivity contribution in [2.24, 2.45) is 0 Å². The molecule has 1 aliphatic rings. The summed E-state index contributed by atoms with van der Waals surface area (Å²) in [5, 5.41) is 13.4. The van der Waals surface area contributed by atoms with E-state index >= 15 is 0 Å². The number of benzene rings is 1. The summed E-state index contributed by atoms with van der Waals surface area (Å²) in [6.07, 6.45) is 8.79. The van der Waals surface area contributed by atoms with Crippen molar-refractivity contribution in [1.29, 1.82) is 0 Å². The minimum atomic E-state index is -0.502. The van der Waals surface area contributed by atoms with Crippen LogP contribution in [0.3, 0.4) is 0 Å². The average Bonchev–Trinajstić information content (AvgIpc) is 2.64. The SMILES string of the molecule is OC(CNCCc1cccnc1)COc1cccc2c1CCCC2. The predicted molar refractivity (Wildman–Crippen MR) is 95.4 cm³/mol. The molecule has 1 aromatic carbocycles. The van der Waals surface area contributed by atoms with Crippen LogP contribution in [0.15, 0.2) is 42.7 Å². The molecule has 1 aromatic heterocycles. The molecule has 1 unspecified atom stereocenters. The second-order valence-electron chi connectivity index (χ2n) is 6.38. The molecule has 1 atom stereocenters. The number of aliphatic hydroxyl groups excluding tert-OH is 1. The van der Waals surface area contributed by atoms with Gasteiger partial charge in [-0.3, -0.25) is 4.98 Å². The highest BCUT2D eigenvalue weighted by Crippen LogP contribution is 2.29. The van der Waals surface area contributed by atoms with Crippen LogP contribution < -0.4 is 10.1 Å². The topological polar surface area (TPSA) is 54.4 Å². The molecule has 0 aliphatic heterocycles. The third-order valence-corrected chi connectivity index (χ3v) is 4.48. The summed E-state index contributed by atoms with van der Waals surface area (Å²) < 4.78 is 5.88. The number of aryl methyl sites for hydroxylation is 1. The first-order valence-electron chi connectivity index (χ1n) is 8.84. The van der Waals surface area contributed by atoms with Gasteiger partial charge in [0.05, 0.1) is 0 Å².